The van der Waals surface area contributed by atoms with Crippen LogP contribution in [-0.2, 0) is 4.79 Å². The maximum absolute atomic E-state index is 11.8. The summed E-state index contributed by atoms with van der Waals surface area (Å²) in [5.41, 5.74) is 0. The Balaban J connectivity index is 2.64. The molecule has 0 fully saturated rings. The van der Waals surface area contributed by atoms with Crippen molar-refractivity contribution in [3.8, 4) is 0 Å². The molecule has 5 heteroatoms. The number of aliphatic carboxylic acids is 1. The van der Waals surface area contributed by atoms with Crippen molar-refractivity contribution in [3.63, 3.8) is 0 Å². The van der Waals surface area contributed by atoms with Gasteiger partial charge in [-0.1, -0.05) is 6.92 Å². The number of furan rings is 1. The number of hydrogen-bond donors (Lipinski definition) is 1. The number of aryl methyl sites for hydroxylation is 1. The summed E-state index contributed by atoms with van der Waals surface area (Å²) >= 11 is 0. The van der Waals surface area contributed by atoms with Crippen LogP contribution in [0.3, 0.4) is 0 Å². The lowest BCUT2D eigenvalue weighted by Gasteiger charge is -2.17. The highest BCUT2D eigenvalue weighted by atomic mass is 16.4. The Hall–Kier alpha value is -1.78. The lowest BCUT2D eigenvalue weighted by molar-refractivity contribution is -0.141. The highest BCUT2D eigenvalue weighted by Crippen LogP contribution is 2.10. The Morgan fingerprint density at radius 1 is 1.50 bits per heavy atom. The zero-order valence-electron chi connectivity index (χ0n) is 9.56. The SMILES string of the molecule is Cc1ccc(C(=O)N(C)CC(C)C(=O)O)o1. The van der Waals surface area contributed by atoms with Crippen LogP contribution in [0.1, 0.15) is 23.2 Å². The predicted octanol–water partition coefficient (Wildman–Crippen LogP) is 1.38. The average Bonchev–Trinajstić information content (AvgIpc) is 2.63. The Kier molecular flexibility index (Phi) is 3.71. The molecule has 0 saturated heterocycles. The molecule has 0 radical (unpaired) electrons. The standard InChI is InChI=1S/C11H15NO4/c1-7(11(14)15)6-12(3)10(13)9-5-4-8(2)16-9/h4-5,7H,6H2,1-3H3,(H,14,15). The normalized spacial score (nSPS) is 12.2. The zero-order chi connectivity index (χ0) is 12.3. The van der Waals surface area contributed by atoms with E-state index in [1.165, 1.54) is 4.90 Å². The molecule has 1 aromatic rings. The molecule has 0 spiro atoms. The van der Waals surface area contributed by atoms with Crippen LogP contribution in [0.5, 0.6) is 0 Å². The van der Waals surface area contributed by atoms with Crippen molar-refractivity contribution in [2.45, 2.75) is 13.8 Å². The molecule has 0 bridgehead atoms. The molecule has 16 heavy (non-hydrogen) atoms. The first-order chi connectivity index (χ1) is 7.41. The van der Waals surface area contributed by atoms with Gasteiger partial charge in [-0.25, -0.2) is 0 Å². The zero-order valence-corrected chi connectivity index (χ0v) is 9.56. The smallest absolute Gasteiger partial charge is 0.308 e. The topological polar surface area (TPSA) is 70.8 Å². The molecule has 5 nitrogen and oxygen atoms in total. The summed E-state index contributed by atoms with van der Waals surface area (Å²) in [5, 5.41) is 8.73. The van der Waals surface area contributed by atoms with E-state index in [9.17, 15) is 9.59 Å². The number of carbonyl (C=O) groups is 2. The van der Waals surface area contributed by atoms with E-state index >= 15 is 0 Å². The van der Waals surface area contributed by atoms with E-state index in [-0.39, 0.29) is 18.2 Å². The summed E-state index contributed by atoms with van der Waals surface area (Å²) in [6.07, 6.45) is 0. The minimum atomic E-state index is -0.921. The van der Waals surface area contributed by atoms with Gasteiger partial charge in [0.15, 0.2) is 5.76 Å². The fraction of sp³-hybridized carbons (Fsp3) is 0.455. The van der Waals surface area contributed by atoms with Gasteiger partial charge in [0.2, 0.25) is 0 Å². The first-order valence-electron chi connectivity index (χ1n) is 4.96. The molecule has 0 aromatic carbocycles. The first-order valence-corrected chi connectivity index (χ1v) is 4.96. The lowest BCUT2D eigenvalue weighted by atomic mass is 10.2. The summed E-state index contributed by atoms with van der Waals surface area (Å²) in [7, 11) is 1.56. The van der Waals surface area contributed by atoms with Crippen molar-refractivity contribution < 1.29 is 19.1 Å². The first kappa shape index (κ1) is 12.3. The molecule has 0 aliphatic carbocycles. The summed E-state index contributed by atoms with van der Waals surface area (Å²) in [6.45, 7) is 3.46. The second-order valence-electron chi connectivity index (χ2n) is 3.84. The van der Waals surface area contributed by atoms with Gasteiger partial charge in [-0.05, 0) is 19.1 Å². The lowest BCUT2D eigenvalue weighted by Crippen LogP contribution is -2.33. The van der Waals surface area contributed by atoms with Crippen LogP contribution in [0.2, 0.25) is 0 Å². The van der Waals surface area contributed by atoms with Crippen LogP contribution in [-0.4, -0.2) is 35.5 Å². The van der Waals surface area contributed by atoms with E-state index in [2.05, 4.69) is 0 Å². The quantitative estimate of drug-likeness (QED) is 0.840. The average molecular weight is 225 g/mol. The molecule has 88 valence electrons. The second kappa shape index (κ2) is 4.83. The van der Waals surface area contributed by atoms with Crippen molar-refractivity contribution >= 4 is 11.9 Å². The fourth-order valence-corrected chi connectivity index (χ4v) is 1.31. The van der Waals surface area contributed by atoms with E-state index in [4.69, 9.17) is 9.52 Å². The Morgan fingerprint density at radius 3 is 2.56 bits per heavy atom. The number of carboxylic acid groups (broad SMARTS) is 1. The second-order valence-corrected chi connectivity index (χ2v) is 3.84. The van der Waals surface area contributed by atoms with Crippen LogP contribution in [0.25, 0.3) is 0 Å². The highest BCUT2D eigenvalue weighted by molar-refractivity contribution is 5.91. The van der Waals surface area contributed by atoms with Crippen LogP contribution in [0, 0.1) is 12.8 Å². The van der Waals surface area contributed by atoms with Gasteiger partial charge in [0.25, 0.3) is 5.91 Å². The van der Waals surface area contributed by atoms with Crippen molar-refractivity contribution in [2.24, 2.45) is 5.92 Å². The van der Waals surface area contributed by atoms with E-state index in [0.29, 0.717) is 5.76 Å². The number of hydrogen-bond acceptors (Lipinski definition) is 3. The third kappa shape index (κ3) is 2.85. The van der Waals surface area contributed by atoms with Gasteiger partial charge in [-0.3, -0.25) is 9.59 Å². The monoisotopic (exact) mass is 225 g/mol. The van der Waals surface area contributed by atoms with E-state index in [1.54, 1.807) is 33.0 Å². The molecule has 0 aliphatic rings. The molecular weight excluding hydrogens is 210 g/mol. The molecule has 1 rings (SSSR count). The Labute approximate surface area is 93.7 Å². The molecule has 1 atom stereocenters. The van der Waals surface area contributed by atoms with Crippen molar-refractivity contribution in [2.75, 3.05) is 13.6 Å². The van der Waals surface area contributed by atoms with E-state index in [0.717, 1.165) is 0 Å². The van der Waals surface area contributed by atoms with Gasteiger partial charge in [-0.15, -0.1) is 0 Å². The van der Waals surface area contributed by atoms with Gasteiger partial charge in [0, 0.05) is 13.6 Å². The van der Waals surface area contributed by atoms with Crippen molar-refractivity contribution in [1.82, 2.24) is 4.90 Å². The minimum absolute atomic E-state index is 0.161. The van der Waals surface area contributed by atoms with Crippen LogP contribution in [0.4, 0.5) is 0 Å². The van der Waals surface area contributed by atoms with Crippen LogP contribution in [0.15, 0.2) is 16.5 Å². The molecule has 0 aliphatic heterocycles. The third-order valence-corrected chi connectivity index (χ3v) is 2.27. The van der Waals surface area contributed by atoms with Gasteiger partial charge < -0.3 is 14.4 Å². The van der Waals surface area contributed by atoms with Gasteiger partial charge >= 0.3 is 5.97 Å². The summed E-state index contributed by atoms with van der Waals surface area (Å²) < 4.78 is 5.17. The summed E-state index contributed by atoms with van der Waals surface area (Å²) in [4.78, 5) is 23.7. The van der Waals surface area contributed by atoms with Gasteiger partial charge in [0.1, 0.15) is 5.76 Å². The highest BCUT2D eigenvalue weighted by Gasteiger charge is 2.20. The Morgan fingerprint density at radius 2 is 2.12 bits per heavy atom. The minimum Gasteiger partial charge on any atom is -0.481 e. The predicted molar refractivity (Wildman–Crippen MR) is 57.2 cm³/mol. The maximum Gasteiger partial charge on any atom is 0.308 e. The van der Waals surface area contributed by atoms with Crippen molar-refractivity contribution in [1.29, 1.82) is 0 Å². The molecule has 1 N–H and O–H groups in total. The number of carboxylic acids is 1. The largest absolute Gasteiger partial charge is 0.481 e. The van der Waals surface area contributed by atoms with E-state index in [1.807, 2.05) is 0 Å². The van der Waals surface area contributed by atoms with Gasteiger partial charge in [0.05, 0.1) is 5.92 Å². The Bertz CT molecular complexity index is 396. The molecule has 1 aromatic heterocycles. The molecule has 0 saturated carbocycles. The molecule has 1 amide bonds. The number of amides is 1. The molecular formula is C11H15NO4. The fourth-order valence-electron chi connectivity index (χ4n) is 1.31. The third-order valence-electron chi connectivity index (χ3n) is 2.27. The van der Waals surface area contributed by atoms with Gasteiger partial charge in [-0.2, -0.15) is 0 Å². The van der Waals surface area contributed by atoms with Crippen molar-refractivity contribution in [3.05, 3.63) is 23.7 Å². The molecule has 1 heterocycles. The van der Waals surface area contributed by atoms with Crippen LogP contribution >= 0.6 is 0 Å². The maximum atomic E-state index is 11.8. The summed E-state index contributed by atoms with van der Waals surface area (Å²) in [5.74, 6) is -0.929. The number of rotatable bonds is 4. The molecule has 1 unspecified atom stereocenters. The van der Waals surface area contributed by atoms with Crippen LogP contribution < -0.4 is 0 Å². The number of carbonyl (C=O) groups excluding carboxylic acids is 1. The summed E-state index contributed by atoms with van der Waals surface area (Å²) in [6, 6.07) is 3.28. The number of nitrogens with zero attached hydrogens (tertiary/aromatic N) is 1. The van der Waals surface area contributed by atoms with E-state index < -0.39 is 11.9 Å².